The molecule has 1 unspecified atom stereocenters. The van der Waals surface area contributed by atoms with Crippen LogP contribution in [-0.4, -0.2) is 36.2 Å². The molecule has 0 amide bonds. The number of aliphatic imine (C=N–C) groups is 1. The lowest BCUT2D eigenvalue weighted by Crippen LogP contribution is -2.45. The molecule has 1 fully saturated rings. The number of rotatable bonds is 3. The number of hydrogen-bond donors (Lipinski definition) is 1. The van der Waals surface area contributed by atoms with Gasteiger partial charge in [-0.3, -0.25) is 4.99 Å². The Bertz CT molecular complexity index is 650. The van der Waals surface area contributed by atoms with Crippen molar-refractivity contribution >= 4 is 5.96 Å². The molecular formula is C18H24N4O. The van der Waals surface area contributed by atoms with Crippen molar-refractivity contribution in [2.45, 2.75) is 26.3 Å². The molecule has 1 saturated heterocycles. The zero-order chi connectivity index (χ0) is 16.1. The molecule has 1 N–H and O–H groups in total. The van der Waals surface area contributed by atoms with Gasteiger partial charge in [-0.25, -0.2) is 0 Å². The van der Waals surface area contributed by atoms with Crippen molar-refractivity contribution in [1.82, 2.24) is 15.4 Å². The van der Waals surface area contributed by atoms with Gasteiger partial charge in [0.15, 0.2) is 11.7 Å². The normalized spacial score (nSPS) is 19.0. The Hall–Kier alpha value is -2.30. The van der Waals surface area contributed by atoms with Gasteiger partial charge in [0, 0.05) is 31.8 Å². The van der Waals surface area contributed by atoms with Gasteiger partial charge < -0.3 is 14.7 Å². The van der Waals surface area contributed by atoms with Crippen molar-refractivity contribution < 1.29 is 4.52 Å². The Morgan fingerprint density at radius 1 is 1.39 bits per heavy atom. The molecule has 5 nitrogen and oxygen atoms in total. The lowest BCUT2D eigenvalue weighted by molar-refractivity contribution is 0.264. The summed E-state index contributed by atoms with van der Waals surface area (Å²) in [4.78, 5) is 6.72. The molecular weight excluding hydrogens is 288 g/mol. The van der Waals surface area contributed by atoms with Gasteiger partial charge in [-0.2, -0.15) is 0 Å². The lowest BCUT2D eigenvalue weighted by atomic mass is 10.0. The van der Waals surface area contributed by atoms with E-state index in [1.807, 2.05) is 43.4 Å². The molecule has 0 radical (unpaired) electrons. The molecule has 0 bridgehead atoms. The molecule has 0 aliphatic carbocycles. The van der Waals surface area contributed by atoms with Crippen molar-refractivity contribution in [3.8, 4) is 11.3 Å². The van der Waals surface area contributed by atoms with Crippen molar-refractivity contribution in [3.05, 3.63) is 42.2 Å². The zero-order valence-corrected chi connectivity index (χ0v) is 13.8. The summed E-state index contributed by atoms with van der Waals surface area (Å²) in [5, 5.41) is 7.53. The van der Waals surface area contributed by atoms with Crippen LogP contribution in [0.5, 0.6) is 0 Å². The predicted molar refractivity (Wildman–Crippen MR) is 92.1 cm³/mol. The van der Waals surface area contributed by atoms with Gasteiger partial charge in [0.1, 0.15) is 5.69 Å². The number of benzene rings is 1. The number of aromatic nitrogens is 1. The Labute approximate surface area is 137 Å². The van der Waals surface area contributed by atoms with E-state index in [1.54, 1.807) is 0 Å². The first-order valence-electron chi connectivity index (χ1n) is 8.23. The summed E-state index contributed by atoms with van der Waals surface area (Å²) in [5.41, 5.74) is 1.93. The monoisotopic (exact) mass is 312 g/mol. The Balaban J connectivity index is 1.60. The Morgan fingerprint density at radius 3 is 2.96 bits per heavy atom. The smallest absolute Gasteiger partial charge is 0.194 e. The summed E-state index contributed by atoms with van der Waals surface area (Å²) in [6.45, 7) is 5.01. The topological polar surface area (TPSA) is 53.7 Å². The van der Waals surface area contributed by atoms with Gasteiger partial charge in [0.05, 0.1) is 6.54 Å². The van der Waals surface area contributed by atoms with E-state index in [-0.39, 0.29) is 0 Å². The molecule has 1 aliphatic heterocycles. The van der Waals surface area contributed by atoms with Crippen molar-refractivity contribution in [2.24, 2.45) is 10.9 Å². The fourth-order valence-corrected chi connectivity index (χ4v) is 3.02. The van der Waals surface area contributed by atoms with Crippen LogP contribution in [0.2, 0.25) is 0 Å². The molecule has 2 heterocycles. The molecule has 3 rings (SSSR count). The summed E-state index contributed by atoms with van der Waals surface area (Å²) in [6, 6.07) is 12.0. The SMILES string of the molecule is CN=C(NCc1cc(-c2ccccc2)no1)N1CCCC(C)C1. The first kappa shape index (κ1) is 15.6. The number of nitrogens with one attached hydrogen (secondary N) is 1. The summed E-state index contributed by atoms with van der Waals surface area (Å²) >= 11 is 0. The van der Waals surface area contributed by atoms with Gasteiger partial charge in [-0.1, -0.05) is 42.4 Å². The van der Waals surface area contributed by atoms with Gasteiger partial charge >= 0.3 is 0 Å². The predicted octanol–water partition coefficient (Wildman–Crippen LogP) is 3.15. The highest BCUT2D eigenvalue weighted by Crippen LogP contribution is 2.19. The maximum Gasteiger partial charge on any atom is 0.194 e. The molecule has 1 aromatic heterocycles. The highest BCUT2D eigenvalue weighted by atomic mass is 16.5. The first-order chi connectivity index (χ1) is 11.3. The van der Waals surface area contributed by atoms with Crippen LogP contribution in [0.4, 0.5) is 0 Å². The molecule has 2 aromatic rings. The molecule has 1 atom stereocenters. The molecule has 1 aliphatic rings. The molecule has 122 valence electrons. The number of hydrogen-bond acceptors (Lipinski definition) is 3. The molecule has 1 aromatic carbocycles. The van der Waals surface area contributed by atoms with Crippen LogP contribution in [0.25, 0.3) is 11.3 Å². The third-order valence-corrected chi connectivity index (χ3v) is 4.22. The Morgan fingerprint density at radius 2 is 2.22 bits per heavy atom. The van der Waals surface area contributed by atoms with E-state index in [9.17, 15) is 0 Å². The lowest BCUT2D eigenvalue weighted by Gasteiger charge is -2.33. The van der Waals surface area contributed by atoms with Crippen LogP contribution in [0, 0.1) is 5.92 Å². The highest BCUT2D eigenvalue weighted by Gasteiger charge is 2.19. The van der Waals surface area contributed by atoms with Crippen LogP contribution >= 0.6 is 0 Å². The zero-order valence-electron chi connectivity index (χ0n) is 13.8. The number of guanidine groups is 1. The third kappa shape index (κ3) is 3.92. The minimum absolute atomic E-state index is 0.595. The van der Waals surface area contributed by atoms with Crippen LogP contribution in [-0.2, 0) is 6.54 Å². The van der Waals surface area contributed by atoms with E-state index in [0.717, 1.165) is 42.0 Å². The summed E-state index contributed by atoms with van der Waals surface area (Å²) in [5.74, 6) is 2.47. The fourth-order valence-electron chi connectivity index (χ4n) is 3.02. The van der Waals surface area contributed by atoms with E-state index in [2.05, 4.69) is 27.3 Å². The fraction of sp³-hybridized carbons (Fsp3) is 0.444. The van der Waals surface area contributed by atoms with Crippen molar-refractivity contribution in [1.29, 1.82) is 0 Å². The Kier molecular flexibility index (Phi) is 4.95. The molecule has 5 heteroatoms. The van der Waals surface area contributed by atoms with Gasteiger partial charge in [-0.15, -0.1) is 0 Å². The number of likely N-dealkylation sites (tertiary alicyclic amines) is 1. The maximum absolute atomic E-state index is 5.44. The minimum atomic E-state index is 0.595. The quantitative estimate of drug-likeness (QED) is 0.699. The van der Waals surface area contributed by atoms with Gasteiger partial charge in [0.25, 0.3) is 0 Å². The van der Waals surface area contributed by atoms with Crippen molar-refractivity contribution in [2.75, 3.05) is 20.1 Å². The molecule has 0 saturated carbocycles. The summed E-state index contributed by atoms with van der Waals surface area (Å²) in [7, 11) is 1.83. The standard InChI is InChI=1S/C18H24N4O/c1-14-7-6-10-22(13-14)18(19-2)20-12-16-11-17(21-23-16)15-8-4-3-5-9-15/h3-5,8-9,11,14H,6-7,10,12-13H2,1-2H3,(H,19,20). The van der Waals surface area contributed by atoms with E-state index < -0.39 is 0 Å². The first-order valence-corrected chi connectivity index (χ1v) is 8.23. The second kappa shape index (κ2) is 7.31. The number of nitrogens with zero attached hydrogens (tertiary/aromatic N) is 3. The van der Waals surface area contributed by atoms with E-state index >= 15 is 0 Å². The summed E-state index contributed by atoms with van der Waals surface area (Å²) in [6.07, 6.45) is 2.53. The number of piperidine rings is 1. The minimum Gasteiger partial charge on any atom is -0.359 e. The average molecular weight is 312 g/mol. The third-order valence-electron chi connectivity index (χ3n) is 4.22. The maximum atomic E-state index is 5.44. The van der Waals surface area contributed by atoms with Crippen LogP contribution in [0.1, 0.15) is 25.5 Å². The van der Waals surface area contributed by atoms with Crippen LogP contribution < -0.4 is 5.32 Å². The van der Waals surface area contributed by atoms with E-state index in [1.165, 1.54) is 12.8 Å². The highest BCUT2D eigenvalue weighted by molar-refractivity contribution is 5.79. The van der Waals surface area contributed by atoms with E-state index in [4.69, 9.17) is 4.52 Å². The second-order valence-corrected chi connectivity index (χ2v) is 6.14. The van der Waals surface area contributed by atoms with Crippen LogP contribution in [0.3, 0.4) is 0 Å². The van der Waals surface area contributed by atoms with Crippen molar-refractivity contribution in [3.63, 3.8) is 0 Å². The average Bonchev–Trinajstić information content (AvgIpc) is 3.05. The molecule has 23 heavy (non-hydrogen) atoms. The molecule has 0 spiro atoms. The van der Waals surface area contributed by atoms with Gasteiger partial charge in [-0.05, 0) is 18.8 Å². The summed E-state index contributed by atoms with van der Waals surface area (Å²) < 4.78 is 5.44. The second-order valence-electron chi connectivity index (χ2n) is 6.14. The van der Waals surface area contributed by atoms with E-state index in [0.29, 0.717) is 6.54 Å². The van der Waals surface area contributed by atoms with Crippen LogP contribution in [0.15, 0.2) is 45.9 Å². The van der Waals surface area contributed by atoms with Gasteiger partial charge in [0.2, 0.25) is 0 Å². The largest absolute Gasteiger partial charge is 0.359 e.